The van der Waals surface area contributed by atoms with E-state index in [1.807, 2.05) is 25.2 Å². The van der Waals surface area contributed by atoms with E-state index in [-0.39, 0.29) is 0 Å². The summed E-state index contributed by atoms with van der Waals surface area (Å²) < 4.78 is 0. The maximum atomic E-state index is 6.33. The Balaban J connectivity index is 2.40. The molecule has 3 heteroatoms. The van der Waals surface area contributed by atoms with Gasteiger partial charge in [-0.25, -0.2) is 0 Å². The van der Waals surface area contributed by atoms with Gasteiger partial charge in [-0.15, -0.1) is 11.6 Å². The van der Waals surface area contributed by atoms with E-state index < -0.39 is 0 Å². The van der Waals surface area contributed by atoms with Crippen molar-refractivity contribution in [2.75, 3.05) is 11.9 Å². The van der Waals surface area contributed by atoms with Gasteiger partial charge < -0.3 is 4.90 Å². The molecule has 0 unspecified atom stereocenters. The van der Waals surface area contributed by atoms with Gasteiger partial charge in [0, 0.05) is 18.6 Å². The third kappa shape index (κ3) is 3.23. The van der Waals surface area contributed by atoms with E-state index in [9.17, 15) is 0 Å². The molecule has 0 heterocycles. The zero-order valence-corrected chi connectivity index (χ0v) is 12.9. The van der Waals surface area contributed by atoms with Gasteiger partial charge in [-0.05, 0) is 54.8 Å². The molecule has 0 aliphatic carbocycles. The zero-order chi connectivity index (χ0) is 14.0. The lowest BCUT2D eigenvalue weighted by Crippen LogP contribution is -2.10. The van der Waals surface area contributed by atoms with Crippen LogP contribution in [-0.4, -0.2) is 7.05 Å². The Morgan fingerprint density at radius 2 is 1.63 bits per heavy atom. The molecular formula is C16H17Cl2N. The second-order valence-corrected chi connectivity index (χ2v) is 5.50. The fraction of sp³-hybridized carbons (Fsp3) is 0.250. The van der Waals surface area contributed by atoms with Crippen LogP contribution in [0.1, 0.15) is 16.7 Å². The lowest BCUT2D eigenvalue weighted by atomic mass is 10.1. The molecule has 100 valence electrons. The molecule has 2 aromatic rings. The van der Waals surface area contributed by atoms with Crippen LogP contribution in [0.15, 0.2) is 36.4 Å². The predicted molar refractivity (Wildman–Crippen MR) is 85.0 cm³/mol. The fourth-order valence-electron chi connectivity index (χ4n) is 2.19. The van der Waals surface area contributed by atoms with E-state index in [1.54, 1.807) is 0 Å². The van der Waals surface area contributed by atoms with Gasteiger partial charge in [-0.3, -0.25) is 0 Å². The number of anilines is 2. The van der Waals surface area contributed by atoms with Crippen LogP contribution in [0.2, 0.25) is 5.02 Å². The number of hydrogen-bond donors (Lipinski definition) is 0. The van der Waals surface area contributed by atoms with Crippen LogP contribution in [0.5, 0.6) is 0 Å². The van der Waals surface area contributed by atoms with Gasteiger partial charge in [0.15, 0.2) is 0 Å². The average molecular weight is 294 g/mol. The highest BCUT2D eigenvalue weighted by atomic mass is 35.5. The van der Waals surface area contributed by atoms with Crippen molar-refractivity contribution < 1.29 is 0 Å². The van der Waals surface area contributed by atoms with E-state index in [4.69, 9.17) is 23.2 Å². The van der Waals surface area contributed by atoms with Crippen LogP contribution in [0.25, 0.3) is 0 Å². The van der Waals surface area contributed by atoms with Crippen molar-refractivity contribution in [2.24, 2.45) is 0 Å². The molecule has 0 radical (unpaired) electrons. The Morgan fingerprint density at radius 1 is 1.00 bits per heavy atom. The Morgan fingerprint density at radius 3 is 2.16 bits per heavy atom. The van der Waals surface area contributed by atoms with Crippen LogP contribution in [0.3, 0.4) is 0 Å². The van der Waals surface area contributed by atoms with Gasteiger partial charge in [0.05, 0.1) is 10.7 Å². The minimum absolute atomic E-state index is 0.479. The molecule has 19 heavy (non-hydrogen) atoms. The summed E-state index contributed by atoms with van der Waals surface area (Å²) in [5.74, 6) is 0.479. The van der Waals surface area contributed by atoms with Gasteiger partial charge in [0.25, 0.3) is 0 Å². The van der Waals surface area contributed by atoms with Crippen LogP contribution in [0, 0.1) is 13.8 Å². The topological polar surface area (TPSA) is 3.24 Å². The number of hydrogen-bond acceptors (Lipinski definition) is 1. The van der Waals surface area contributed by atoms with E-state index in [1.165, 1.54) is 11.1 Å². The Kier molecular flexibility index (Phi) is 4.38. The maximum Gasteiger partial charge on any atom is 0.0646 e. The van der Waals surface area contributed by atoms with Crippen molar-refractivity contribution in [3.05, 3.63) is 58.1 Å². The average Bonchev–Trinajstić information content (AvgIpc) is 2.36. The van der Waals surface area contributed by atoms with E-state index in [0.717, 1.165) is 22.0 Å². The fourth-order valence-corrected chi connectivity index (χ4v) is 2.69. The summed E-state index contributed by atoms with van der Waals surface area (Å²) in [6.45, 7) is 4.20. The highest BCUT2D eigenvalue weighted by Gasteiger charge is 2.09. The molecule has 2 rings (SSSR count). The second kappa shape index (κ2) is 5.85. The molecule has 2 aromatic carbocycles. The number of nitrogens with zero attached hydrogens (tertiary/aromatic N) is 1. The van der Waals surface area contributed by atoms with Crippen LogP contribution in [-0.2, 0) is 5.88 Å². The summed E-state index contributed by atoms with van der Waals surface area (Å²) in [5, 5.41) is 0.722. The first-order valence-electron chi connectivity index (χ1n) is 6.17. The first-order valence-corrected chi connectivity index (χ1v) is 7.09. The molecule has 0 aliphatic rings. The quantitative estimate of drug-likeness (QED) is 0.679. The summed E-state index contributed by atoms with van der Waals surface area (Å²) in [4.78, 5) is 2.10. The monoisotopic (exact) mass is 293 g/mol. The Labute approximate surface area is 124 Å². The first kappa shape index (κ1) is 14.2. The number of alkyl halides is 1. The number of benzene rings is 2. The summed E-state index contributed by atoms with van der Waals surface area (Å²) in [6, 6.07) is 12.4. The summed E-state index contributed by atoms with van der Waals surface area (Å²) in [7, 11) is 2.02. The molecule has 0 saturated carbocycles. The second-order valence-electron chi connectivity index (χ2n) is 4.82. The minimum Gasteiger partial charge on any atom is -0.343 e. The van der Waals surface area contributed by atoms with E-state index in [0.29, 0.717) is 5.88 Å². The van der Waals surface area contributed by atoms with Crippen molar-refractivity contribution >= 4 is 34.6 Å². The van der Waals surface area contributed by atoms with E-state index in [2.05, 4.69) is 36.9 Å². The highest BCUT2D eigenvalue weighted by Crippen LogP contribution is 2.32. The number of aryl methyl sites for hydroxylation is 2. The summed E-state index contributed by atoms with van der Waals surface area (Å²) in [5.41, 5.74) is 5.65. The zero-order valence-electron chi connectivity index (χ0n) is 11.4. The maximum absolute atomic E-state index is 6.33. The molecule has 0 N–H and O–H groups in total. The normalized spacial score (nSPS) is 10.6. The van der Waals surface area contributed by atoms with Gasteiger partial charge in [0.1, 0.15) is 0 Å². The highest BCUT2D eigenvalue weighted by molar-refractivity contribution is 6.33. The van der Waals surface area contributed by atoms with Crippen LogP contribution in [0.4, 0.5) is 11.4 Å². The Hall–Kier alpha value is -1.18. The van der Waals surface area contributed by atoms with Crippen LogP contribution >= 0.6 is 23.2 Å². The van der Waals surface area contributed by atoms with Crippen LogP contribution < -0.4 is 4.90 Å². The smallest absolute Gasteiger partial charge is 0.0646 e. The van der Waals surface area contributed by atoms with Crippen molar-refractivity contribution in [3.8, 4) is 0 Å². The number of rotatable bonds is 3. The SMILES string of the molecule is Cc1cc(C)cc(N(C)c2ccc(CCl)cc2Cl)c1. The minimum atomic E-state index is 0.479. The van der Waals surface area contributed by atoms with Crippen molar-refractivity contribution in [2.45, 2.75) is 19.7 Å². The molecule has 0 saturated heterocycles. The lowest BCUT2D eigenvalue weighted by Gasteiger charge is -2.22. The van der Waals surface area contributed by atoms with E-state index >= 15 is 0 Å². The molecule has 0 atom stereocenters. The van der Waals surface area contributed by atoms with Gasteiger partial charge >= 0.3 is 0 Å². The molecular weight excluding hydrogens is 277 g/mol. The van der Waals surface area contributed by atoms with Gasteiger partial charge in [-0.2, -0.15) is 0 Å². The first-order chi connectivity index (χ1) is 9.01. The largest absolute Gasteiger partial charge is 0.343 e. The third-order valence-electron chi connectivity index (χ3n) is 3.12. The molecule has 0 aliphatic heterocycles. The lowest BCUT2D eigenvalue weighted by molar-refractivity contribution is 1.19. The van der Waals surface area contributed by atoms with Crippen molar-refractivity contribution in [1.82, 2.24) is 0 Å². The third-order valence-corrected chi connectivity index (χ3v) is 3.73. The predicted octanol–water partition coefficient (Wildman–Crippen LogP) is 5.46. The van der Waals surface area contributed by atoms with Gasteiger partial charge in [0.2, 0.25) is 0 Å². The molecule has 0 fully saturated rings. The standard InChI is InChI=1S/C16H17Cl2N/c1-11-6-12(2)8-14(7-11)19(3)16-5-4-13(10-17)9-15(16)18/h4-9H,10H2,1-3H3. The molecule has 0 amide bonds. The molecule has 0 aromatic heterocycles. The number of halogens is 2. The van der Waals surface area contributed by atoms with Gasteiger partial charge in [-0.1, -0.05) is 23.7 Å². The van der Waals surface area contributed by atoms with Crippen molar-refractivity contribution in [3.63, 3.8) is 0 Å². The molecule has 0 spiro atoms. The summed E-state index contributed by atoms with van der Waals surface area (Å²) in [6.07, 6.45) is 0. The molecule has 1 nitrogen and oxygen atoms in total. The van der Waals surface area contributed by atoms with Crippen molar-refractivity contribution in [1.29, 1.82) is 0 Å². The summed E-state index contributed by atoms with van der Waals surface area (Å²) >= 11 is 12.1. The molecule has 0 bridgehead atoms. The Bertz CT molecular complexity index is 573.